The standard InChI is InChI=1S/C32H49N9O5/c1-7-8-12-34-29-28-24(36-30(33)37-29)21-41(38-28)20-23-25(44-5)18-22(19-26(23)45-6)39-14-16-40(17-15-39)27(42)11-9-10-13-35-31(43)46-32(2,3)4/h18-19,21H,7-17,20H2,1-6H3,(H,35,43)(H3,33,34,36,37). The average molecular weight is 640 g/mol. The fraction of sp³-hybridized carbons (Fsp3) is 0.594. The summed E-state index contributed by atoms with van der Waals surface area (Å²) in [6.45, 7) is 11.9. The predicted molar refractivity (Wildman–Crippen MR) is 179 cm³/mol. The van der Waals surface area contributed by atoms with Crippen LogP contribution in [0.3, 0.4) is 0 Å². The Balaban J connectivity index is 1.35. The number of piperazine rings is 1. The third-order valence-corrected chi connectivity index (χ3v) is 7.65. The quantitative estimate of drug-likeness (QED) is 0.218. The molecule has 0 saturated carbocycles. The van der Waals surface area contributed by atoms with Gasteiger partial charge in [0.05, 0.1) is 32.5 Å². The Hall–Kier alpha value is -4.49. The topological polar surface area (TPSA) is 162 Å². The fourth-order valence-corrected chi connectivity index (χ4v) is 5.31. The van der Waals surface area contributed by atoms with Crippen LogP contribution in [0.1, 0.15) is 65.4 Å². The SMILES string of the molecule is CCCCNc1nc(N)nc2cn(Cc3c(OC)cc(N4CCN(C(=O)CCCCNC(=O)OC(C)(C)C)CC4)cc3OC)nc12. The van der Waals surface area contributed by atoms with Crippen LogP contribution >= 0.6 is 0 Å². The minimum atomic E-state index is -0.530. The van der Waals surface area contributed by atoms with Gasteiger partial charge < -0.3 is 40.4 Å². The summed E-state index contributed by atoms with van der Waals surface area (Å²) in [7, 11) is 3.28. The number of anilines is 3. The van der Waals surface area contributed by atoms with E-state index in [-0.39, 0.29) is 11.9 Å². The number of unbranched alkanes of at least 4 members (excludes halogenated alkanes) is 2. The minimum absolute atomic E-state index is 0.129. The molecule has 0 spiro atoms. The summed E-state index contributed by atoms with van der Waals surface area (Å²) in [6.07, 6.45) is 5.34. The van der Waals surface area contributed by atoms with Crippen LogP contribution in [0.2, 0.25) is 0 Å². The number of nitrogen functional groups attached to an aromatic ring is 1. The average Bonchev–Trinajstić information content (AvgIpc) is 3.42. The highest BCUT2D eigenvalue weighted by Crippen LogP contribution is 2.36. The van der Waals surface area contributed by atoms with E-state index in [1.165, 1.54) is 0 Å². The summed E-state index contributed by atoms with van der Waals surface area (Å²) in [6, 6.07) is 4.01. The van der Waals surface area contributed by atoms with Gasteiger partial charge in [0.1, 0.15) is 22.6 Å². The molecule has 1 aliphatic heterocycles. The molecular weight excluding hydrogens is 590 g/mol. The van der Waals surface area contributed by atoms with E-state index in [0.717, 1.165) is 30.6 Å². The van der Waals surface area contributed by atoms with Crippen LogP contribution in [-0.4, -0.2) is 95.7 Å². The molecule has 3 heterocycles. The number of nitrogens with two attached hydrogens (primary N) is 1. The first-order valence-electron chi connectivity index (χ1n) is 16.0. The molecule has 0 unspecified atom stereocenters. The molecule has 4 rings (SSSR count). The van der Waals surface area contributed by atoms with Gasteiger partial charge in [0.2, 0.25) is 11.9 Å². The highest BCUT2D eigenvalue weighted by atomic mass is 16.6. The zero-order valence-corrected chi connectivity index (χ0v) is 28.0. The Labute approximate surface area is 270 Å². The molecule has 46 heavy (non-hydrogen) atoms. The number of nitrogens with one attached hydrogen (secondary N) is 2. The molecule has 0 bridgehead atoms. The van der Waals surface area contributed by atoms with E-state index >= 15 is 0 Å². The van der Waals surface area contributed by atoms with Crippen molar-refractivity contribution in [3.05, 3.63) is 23.9 Å². The first-order valence-corrected chi connectivity index (χ1v) is 16.0. The number of rotatable bonds is 14. The van der Waals surface area contributed by atoms with Gasteiger partial charge in [0.15, 0.2) is 11.3 Å². The zero-order chi connectivity index (χ0) is 33.3. The van der Waals surface area contributed by atoms with E-state index in [0.29, 0.717) is 86.9 Å². The lowest BCUT2D eigenvalue weighted by Gasteiger charge is -2.36. The van der Waals surface area contributed by atoms with Gasteiger partial charge in [-0.05, 0) is 40.0 Å². The van der Waals surface area contributed by atoms with Gasteiger partial charge in [-0.15, -0.1) is 0 Å². The molecule has 4 N–H and O–H groups in total. The molecule has 1 aromatic carbocycles. The maximum atomic E-state index is 12.8. The van der Waals surface area contributed by atoms with Crippen LogP contribution in [0, 0.1) is 0 Å². The number of alkyl carbamates (subject to hydrolysis) is 1. The van der Waals surface area contributed by atoms with E-state index in [2.05, 4.69) is 32.4 Å². The van der Waals surface area contributed by atoms with Crippen LogP contribution in [0.25, 0.3) is 11.0 Å². The lowest BCUT2D eigenvalue weighted by atomic mass is 10.1. The van der Waals surface area contributed by atoms with Gasteiger partial charge in [-0.1, -0.05) is 13.3 Å². The molecule has 0 atom stereocenters. The summed E-state index contributed by atoms with van der Waals surface area (Å²) >= 11 is 0. The monoisotopic (exact) mass is 639 g/mol. The van der Waals surface area contributed by atoms with E-state index in [4.69, 9.17) is 25.0 Å². The van der Waals surface area contributed by atoms with Crippen molar-refractivity contribution in [2.45, 2.75) is 71.9 Å². The van der Waals surface area contributed by atoms with Gasteiger partial charge in [-0.2, -0.15) is 10.1 Å². The van der Waals surface area contributed by atoms with Gasteiger partial charge >= 0.3 is 6.09 Å². The molecule has 2 aromatic heterocycles. The van der Waals surface area contributed by atoms with Gasteiger partial charge in [0.25, 0.3) is 0 Å². The van der Waals surface area contributed by atoms with Crippen LogP contribution < -0.4 is 30.7 Å². The Morgan fingerprint density at radius 1 is 0.978 bits per heavy atom. The molecular formula is C32H49N9O5. The van der Waals surface area contributed by atoms with Gasteiger partial charge in [-0.25, -0.2) is 9.78 Å². The Morgan fingerprint density at radius 3 is 2.30 bits per heavy atom. The summed E-state index contributed by atoms with van der Waals surface area (Å²) in [4.78, 5) is 37.5. The molecule has 14 nitrogen and oxygen atoms in total. The van der Waals surface area contributed by atoms with Crippen LogP contribution in [0.5, 0.6) is 11.5 Å². The first-order chi connectivity index (χ1) is 22.0. The number of hydrogen-bond donors (Lipinski definition) is 3. The van der Waals surface area contributed by atoms with E-state index in [9.17, 15) is 9.59 Å². The van der Waals surface area contributed by atoms with Crippen LogP contribution in [-0.2, 0) is 16.1 Å². The van der Waals surface area contributed by atoms with Crippen LogP contribution in [0.4, 0.5) is 22.2 Å². The first kappa shape index (κ1) is 34.4. The molecule has 2 amide bonds. The normalized spacial score (nSPS) is 13.5. The smallest absolute Gasteiger partial charge is 0.407 e. The molecule has 1 aliphatic rings. The van der Waals surface area contributed by atoms with Crippen molar-refractivity contribution in [2.24, 2.45) is 0 Å². The highest BCUT2D eigenvalue weighted by molar-refractivity contribution is 5.85. The predicted octanol–water partition coefficient (Wildman–Crippen LogP) is 4.03. The molecule has 252 valence electrons. The largest absolute Gasteiger partial charge is 0.496 e. The summed E-state index contributed by atoms with van der Waals surface area (Å²) in [5.74, 6) is 2.31. The zero-order valence-electron chi connectivity index (χ0n) is 28.0. The van der Waals surface area contributed by atoms with E-state index < -0.39 is 11.7 Å². The van der Waals surface area contributed by atoms with E-state index in [1.807, 2.05) is 44.0 Å². The second kappa shape index (κ2) is 15.7. The van der Waals surface area contributed by atoms with Crippen molar-refractivity contribution in [2.75, 3.05) is 69.4 Å². The van der Waals surface area contributed by atoms with Crippen molar-refractivity contribution >= 4 is 40.5 Å². The molecule has 0 radical (unpaired) electrons. The highest BCUT2D eigenvalue weighted by Gasteiger charge is 2.24. The third kappa shape index (κ3) is 9.27. The number of ether oxygens (including phenoxy) is 3. The van der Waals surface area contributed by atoms with Crippen molar-refractivity contribution in [1.82, 2.24) is 30.0 Å². The summed E-state index contributed by atoms with van der Waals surface area (Å²) < 4.78 is 18.7. The number of aromatic nitrogens is 4. The number of amides is 2. The number of methoxy groups -OCH3 is 2. The summed E-state index contributed by atoms with van der Waals surface area (Å²) in [5.41, 5.74) is 8.56. The number of carbonyl (C=O) groups is 2. The number of carbonyl (C=O) groups excluding carboxylic acids is 2. The number of benzene rings is 1. The lowest BCUT2D eigenvalue weighted by molar-refractivity contribution is -0.131. The molecule has 14 heteroatoms. The van der Waals surface area contributed by atoms with Crippen LogP contribution in [0.15, 0.2) is 18.3 Å². The second-order valence-corrected chi connectivity index (χ2v) is 12.4. The lowest BCUT2D eigenvalue weighted by Crippen LogP contribution is -2.48. The Morgan fingerprint density at radius 2 is 1.67 bits per heavy atom. The molecule has 1 saturated heterocycles. The Kier molecular flexibility index (Phi) is 11.7. The fourth-order valence-electron chi connectivity index (χ4n) is 5.31. The van der Waals surface area contributed by atoms with Gasteiger partial charge in [0, 0.05) is 63.5 Å². The summed E-state index contributed by atoms with van der Waals surface area (Å²) in [5, 5.41) is 10.8. The molecule has 0 aliphatic carbocycles. The molecule has 1 fully saturated rings. The molecule has 3 aromatic rings. The maximum absolute atomic E-state index is 12.8. The van der Waals surface area contributed by atoms with Crippen molar-refractivity contribution in [1.29, 1.82) is 0 Å². The minimum Gasteiger partial charge on any atom is -0.496 e. The number of nitrogens with zero attached hydrogens (tertiary/aromatic N) is 6. The van der Waals surface area contributed by atoms with Crippen molar-refractivity contribution in [3.63, 3.8) is 0 Å². The van der Waals surface area contributed by atoms with Crippen molar-refractivity contribution in [3.8, 4) is 11.5 Å². The number of hydrogen-bond acceptors (Lipinski definition) is 11. The Bertz CT molecular complexity index is 1450. The van der Waals surface area contributed by atoms with E-state index in [1.54, 1.807) is 18.9 Å². The second-order valence-electron chi connectivity index (χ2n) is 12.4. The van der Waals surface area contributed by atoms with Crippen molar-refractivity contribution < 1.29 is 23.8 Å². The third-order valence-electron chi connectivity index (χ3n) is 7.65. The van der Waals surface area contributed by atoms with Gasteiger partial charge in [-0.3, -0.25) is 9.48 Å². The number of fused-ring (bicyclic) bond motifs is 1. The maximum Gasteiger partial charge on any atom is 0.407 e.